The highest BCUT2D eigenvalue weighted by Crippen LogP contribution is 2.27. The van der Waals surface area contributed by atoms with Gasteiger partial charge in [-0.15, -0.1) is 0 Å². The third kappa shape index (κ3) is 7.82. The fraction of sp³-hybridized carbons (Fsp3) is 0.321. The Hall–Kier alpha value is -4.39. The maximum Gasteiger partial charge on any atom is 0.347 e. The van der Waals surface area contributed by atoms with Crippen molar-refractivity contribution in [2.45, 2.75) is 6.92 Å². The largest absolute Gasteiger partial charge is 0.477 e. The molecule has 0 aliphatic heterocycles. The van der Waals surface area contributed by atoms with E-state index in [1.54, 1.807) is 24.4 Å². The molecule has 1 N–H and O–H groups in total. The summed E-state index contributed by atoms with van der Waals surface area (Å²) in [4.78, 5) is 36.3. The van der Waals surface area contributed by atoms with Gasteiger partial charge < -0.3 is 33.2 Å². The summed E-state index contributed by atoms with van der Waals surface area (Å²) in [7, 11) is 0. The number of aryl methyl sites for hydroxylation is 1. The van der Waals surface area contributed by atoms with E-state index in [1.807, 2.05) is 19.1 Å². The van der Waals surface area contributed by atoms with Crippen LogP contribution in [0.1, 0.15) is 15.9 Å². The molecule has 12 heteroatoms. The molecule has 12 nitrogen and oxygen atoms in total. The molecule has 0 saturated carbocycles. The highest BCUT2D eigenvalue weighted by molar-refractivity contribution is 5.90. The van der Waals surface area contributed by atoms with Gasteiger partial charge in [-0.3, -0.25) is 0 Å². The number of aromatic carboxylic acids is 1. The lowest BCUT2D eigenvalue weighted by Gasteiger charge is -2.10. The molecule has 0 fully saturated rings. The van der Waals surface area contributed by atoms with E-state index in [9.17, 15) is 9.59 Å². The summed E-state index contributed by atoms with van der Waals surface area (Å²) < 4.78 is 33.0. The number of rotatable bonds is 16. The summed E-state index contributed by atoms with van der Waals surface area (Å²) in [6.45, 7) is 4.24. The molecule has 4 rings (SSSR count). The number of pyridine rings is 2. The lowest BCUT2D eigenvalue weighted by Crippen LogP contribution is -2.15. The molecule has 3 aromatic heterocycles. The van der Waals surface area contributed by atoms with Gasteiger partial charge in [-0.25, -0.2) is 24.5 Å². The van der Waals surface area contributed by atoms with Crippen molar-refractivity contribution in [3.8, 4) is 23.2 Å². The summed E-state index contributed by atoms with van der Waals surface area (Å²) in [5, 5.41) is 9.55. The van der Waals surface area contributed by atoms with E-state index in [1.165, 1.54) is 18.3 Å². The average molecular weight is 552 g/mol. The fourth-order valence-corrected chi connectivity index (χ4v) is 3.67. The number of ether oxygens (including phenoxy) is 5. The number of fused-ring (bicyclic) bond motifs is 1. The van der Waals surface area contributed by atoms with Crippen LogP contribution >= 0.6 is 0 Å². The number of aromatic nitrogens is 3. The van der Waals surface area contributed by atoms with Crippen molar-refractivity contribution in [3.63, 3.8) is 0 Å². The molecule has 4 aromatic rings. The van der Waals surface area contributed by atoms with E-state index >= 15 is 0 Å². The zero-order chi connectivity index (χ0) is 28.2. The summed E-state index contributed by atoms with van der Waals surface area (Å²) >= 11 is 0. The Labute approximate surface area is 229 Å². The normalized spacial score (nSPS) is 11.0. The van der Waals surface area contributed by atoms with Gasteiger partial charge in [0, 0.05) is 12.4 Å². The monoisotopic (exact) mass is 551 g/mol. The predicted molar refractivity (Wildman–Crippen MR) is 143 cm³/mol. The van der Waals surface area contributed by atoms with Gasteiger partial charge in [0.25, 0.3) is 0 Å². The Kier molecular flexibility index (Phi) is 10.5. The first-order valence-electron chi connectivity index (χ1n) is 12.6. The first-order chi connectivity index (χ1) is 19.5. The zero-order valence-electron chi connectivity index (χ0n) is 21.9. The number of hydrogen-bond acceptors (Lipinski definition) is 11. The van der Waals surface area contributed by atoms with E-state index in [0.717, 1.165) is 5.56 Å². The Bertz CT molecular complexity index is 1480. The first-order valence-corrected chi connectivity index (χ1v) is 12.6. The molecule has 0 spiro atoms. The summed E-state index contributed by atoms with van der Waals surface area (Å²) in [5.41, 5.74) is 1.35. The fourth-order valence-electron chi connectivity index (χ4n) is 3.67. The van der Waals surface area contributed by atoms with Crippen LogP contribution < -0.4 is 15.1 Å². The van der Waals surface area contributed by atoms with Crippen LogP contribution in [0.2, 0.25) is 0 Å². The molecule has 0 saturated heterocycles. The van der Waals surface area contributed by atoms with Crippen LogP contribution in [0, 0.1) is 6.92 Å². The van der Waals surface area contributed by atoms with Crippen LogP contribution in [0.25, 0.3) is 22.4 Å². The van der Waals surface area contributed by atoms with E-state index < -0.39 is 11.6 Å². The average Bonchev–Trinajstić information content (AvgIpc) is 2.95. The number of carboxylic acids is 1. The summed E-state index contributed by atoms with van der Waals surface area (Å²) in [6, 6.07) is 11.8. The summed E-state index contributed by atoms with van der Waals surface area (Å²) in [6.07, 6.45) is 3.04. The molecule has 0 aliphatic carbocycles. The van der Waals surface area contributed by atoms with Crippen molar-refractivity contribution in [1.82, 2.24) is 15.0 Å². The Balaban J connectivity index is 1.10. The molecule has 210 valence electrons. The lowest BCUT2D eigenvalue weighted by molar-refractivity contribution is 0.00455. The molecule has 3 heterocycles. The number of hydrogen-bond donors (Lipinski definition) is 1. The zero-order valence-corrected chi connectivity index (χ0v) is 21.9. The summed E-state index contributed by atoms with van der Waals surface area (Å²) in [5.74, 6) is -0.623. The van der Waals surface area contributed by atoms with Crippen molar-refractivity contribution >= 4 is 16.9 Å². The first kappa shape index (κ1) is 28.6. The highest BCUT2D eigenvalue weighted by Gasteiger charge is 2.15. The van der Waals surface area contributed by atoms with Gasteiger partial charge in [0.2, 0.25) is 17.7 Å². The van der Waals surface area contributed by atoms with Gasteiger partial charge in [-0.05, 0) is 42.8 Å². The Morgan fingerprint density at radius 3 is 2.08 bits per heavy atom. The van der Waals surface area contributed by atoms with Crippen LogP contribution in [0.3, 0.4) is 0 Å². The van der Waals surface area contributed by atoms with Crippen LogP contribution in [0.5, 0.6) is 11.8 Å². The molecule has 0 bridgehead atoms. The van der Waals surface area contributed by atoms with Crippen molar-refractivity contribution in [2.75, 3.05) is 52.9 Å². The minimum absolute atomic E-state index is 0.00190. The number of nitrogens with zero attached hydrogens (tertiary/aromatic N) is 3. The van der Waals surface area contributed by atoms with E-state index in [2.05, 4.69) is 15.0 Å². The topological polar surface area (TPSA) is 152 Å². The van der Waals surface area contributed by atoms with Crippen LogP contribution in [-0.4, -0.2) is 78.9 Å². The van der Waals surface area contributed by atoms with E-state index in [4.69, 9.17) is 33.2 Å². The Morgan fingerprint density at radius 2 is 1.40 bits per heavy atom. The molecule has 40 heavy (non-hydrogen) atoms. The third-order valence-corrected chi connectivity index (χ3v) is 5.55. The molecule has 1 aromatic carbocycles. The van der Waals surface area contributed by atoms with Crippen LogP contribution in [-0.2, 0) is 14.2 Å². The van der Waals surface area contributed by atoms with Gasteiger partial charge >= 0.3 is 11.6 Å². The second kappa shape index (κ2) is 14.7. The Morgan fingerprint density at radius 1 is 0.800 bits per heavy atom. The number of benzene rings is 1. The third-order valence-electron chi connectivity index (χ3n) is 5.55. The second-order valence-electron chi connectivity index (χ2n) is 8.33. The van der Waals surface area contributed by atoms with Crippen molar-refractivity contribution in [1.29, 1.82) is 0 Å². The van der Waals surface area contributed by atoms with E-state index in [-0.39, 0.29) is 43.0 Å². The molecular weight excluding hydrogens is 522 g/mol. The maximum atomic E-state index is 12.5. The number of carbonyl (C=O) groups is 1. The van der Waals surface area contributed by atoms with Crippen molar-refractivity contribution in [3.05, 3.63) is 76.4 Å². The van der Waals surface area contributed by atoms with Crippen LogP contribution in [0.15, 0.2) is 64.1 Å². The molecule has 0 aliphatic rings. The minimum Gasteiger partial charge on any atom is -0.477 e. The quantitative estimate of drug-likeness (QED) is 0.204. The van der Waals surface area contributed by atoms with Gasteiger partial charge in [0.05, 0.1) is 56.1 Å². The van der Waals surface area contributed by atoms with Crippen molar-refractivity contribution in [2.24, 2.45) is 0 Å². The van der Waals surface area contributed by atoms with Gasteiger partial charge in [0.15, 0.2) is 0 Å². The van der Waals surface area contributed by atoms with E-state index in [0.29, 0.717) is 49.5 Å². The highest BCUT2D eigenvalue weighted by atomic mass is 16.6. The SMILES string of the molecule is Cc1cccc2nc(-c3cccnc3OCCOCCOCCOCCOc3ncccc3C(=O)O)oc(=O)c12. The predicted octanol–water partition coefficient (Wildman–Crippen LogP) is 3.16. The molecule has 0 radical (unpaired) electrons. The van der Waals surface area contributed by atoms with Gasteiger partial charge in [-0.2, -0.15) is 0 Å². The maximum absolute atomic E-state index is 12.5. The molecule has 0 unspecified atom stereocenters. The molecular formula is C28H29N3O9. The molecule has 0 atom stereocenters. The van der Waals surface area contributed by atoms with Gasteiger partial charge in [0.1, 0.15) is 18.8 Å². The standard InChI is InChI=1S/C28H29N3O9/c1-19-5-2-8-22-23(19)28(34)40-26(31-22)20-6-3-9-29-24(20)38-17-15-36-13-11-35-12-14-37-16-18-39-25-21(27(32)33)7-4-10-30-25/h2-10H,11-18H2,1H3,(H,32,33). The number of carboxylic acid groups (broad SMARTS) is 1. The smallest absolute Gasteiger partial charge is 0.347 e. The second-order valence-corrected chi connectivity index (χ2v) is 8.33. The van der Waals surface area contributed by atoms with Crippen LogP contribution in [0.4, 0.5) is 0 Å². The lowest BCUT2D eigenvalue weighted by atomic mass is 10.1. The molecule has 0 amide bonds. The minimum atomic E-state index is -1.10. The van der Waals surface area contributed by atoms with Gasteiger partial charge in [-0.1, -0.05) is 12.1 Å². The van der Waals surface area contributed by atoms with Crippen molar-refractivity contribution < 1.29 is 38.0 Å².